The molecule has 0 spiro atoms. The van der Waals surface area contributed by atoms with Crippen molar-refractivity contribution in [3.63, 3.8) is 0 Å². The van der Waals surface area contributed by atoms with E-state index in [1.807, 2.05) is 54.2 Å². The van der Waals surface area contributed by atoms with Gasteiger partial charge < -0.3 is 14.6 Å². The van der Waals surface area contributed by atoms with E-state index >= 15 is 0 Å². The third-order valence-electron chi connectivity index (χ3n) is 4.36. The van der Waals surface area contributed by atoms with Gasteiger partial charge in [0.2, 0.25) is 5.91 Å². The van der Waals surface area contributed by atoms with Crippen molar-refractivity contribution in [2.45, 2.75) is 24.7 Å². The minimum Gasteiger partial charge on any atom is -0.343 e. The maximum Gasteiger partial charge on any atom is 0.223 e. The number of hydrogen-bond acceptors (Lipinski definition) is 3. The van der Waals surface area contributed by atoms with Gasteiger partial charge in [-0.05, 0) is 32.5 Å². The first-order valence-corrected chi connectivity index (χ1v) is 7.52. The topological polar surface area (TPSA) is 40.6 Å². The SMILES string of the molecule is CN(C)CCC(=O)N1CCC(C=O)(c2ccccc2)CC1. The van der Waals surface area contributed by atoms with Gasteiger partial charge in [0.25, 0.3) is 0 Å². The minimum absolute atomic E-state index is 0.191. The molecule has 0 saturated carbocycles. The highest BCUT2D eigenvalue weighted by atomic mass is 16.2. The first-order valence-electron chi connectivity index (χ1n) is 7.52. The molecule has 0 aromatic heterocycles. The molecule has 1 heterocycles. The van der Waals surface area contributed by atoms with E-state index in [4.69, 9.17) is 0 Å². The number of piperidine rings is 1. The van der Waals surface area contributed by atoms with Crippen LogP contribution in [0.25, 0.3) is 0 Å². The van der Waals surface area contributed by atoms with Crippen molar-refractivity contribution in [3.05, 3.63) is 35.9 Å². The van der Waals surface area contributed by atoms with Crippen molar-refractivity contribution < 1.29 is 9.59 Å². The molecule has 1 aromatic rings. The van der Waals surface area contributed by atoms with Crippen LogP contribution < -0.4 is 0 Å². The molecule has 4 nitrogen and oxygen atoms in total. The standard InChI is InChI=1S/C17H24N2O2/c1-18(2)11-8-16(21)19-12-9-17(14-20,10-13-19)15-6-4-3-5-7-15/h3-7,14H,8-13H2,1-2H3. The van der Waals surface area contributed by atoms with Crippen molar-refractivity contribution in [2.24, 2.45) is 0 Å². The first kappa shape index (κ1) is 15.7. The molecule has 0 N–H and O–H groups in total. The van der Waals surface area contributed by atoms with E-state index in [1.165, 1.54) is 0 Å². The first-order chi connectivity index (χ1) is 10.1. The van der Waals surface area contributed by atoms with Gasteiger partial charge in [-0.1, -0.05) is 30.3 Å². The molecule has 0 unspecified atom stereocenters. The van der Waals surface area contributed by atoms with Crippen LogP contribution in [0.4, 0.5) is 0 Å². The van der Waals surface area contributed by atoms with Crippen LogP contribution in [0.2, 0.25) is 0 Å². The summed E-state index contributed by atoms with van der Waals surface area (Å²) in [5.41, 5.74) is 0.653. The molecular formula is C17H24N2O2. The Morgan fingerprint density at radius 3 is 2.38 bits per heavy atom. The molecule has 0 aliphatic carbocycles. The summed E-state index contributed by atoms with van der Waals surface area (Å²) in [4.78, 5) is 27.7. The fraction of sp³-hybridized carbons (Fsp3) is 0.529. The summed E-state index contributed by atoms with van der Waals surface area (Å²) in [5, 5.41) is 0. The third-order valence-corrected chi connectivity index (χ3v) is 4.36. The summed E-state index contributed by atoms with van der Waals surface area (Å²) in [6.07, 6.45) is 3.05. The molecule has 0 bridgehead atoms. The third kappa shape index (κ3) is 3.70. The maximum absolute atomic E-state index is 12.1. The molecule has 4 heteroatoms. The zero-order chi connectivity index (χ0) is 15.3. The van der Waals surface area contributed by atoms with E-state index in [0.717, 1.165) is 18.4 Å². The predicted octanol–water partition coefficient (Wildman–Crippen LogP) is 1.70. The molecule has 1 aliphatic rings. The van der Waals surface area contributed by atoms with E-state index in [1.54, 1.807) is 0 Å². The van der Waals surface area contributed by atoms with Gasteiger partial charge in [0.15, 0.2) is 0 Å². The van der Waals surface area contributed by atoms with Crippen LogP contribution >= 0.6 is 0 Å². The van der Waals surface area contributed by atoms with Crippen molar-refractivity contribution >= 4 is 12.2 Å². The zero-order valence-corrected chi connectivity index (χ0v) is 12.9. The summed E-state index contributed by atoms with van der Waals surface area (Å²) in [5.74, 6) is 0.191. The lowest BCUT2D eigenvalue weighted by atomic mass is 9.74. The summed E-state index contributed by atoms with van der Waals surface area (Å²) in [6.45, 7) is 2.10. The normalized spacial score (nSPS) is 17.8. The Balaban J connectivity index is 1.98. The average molecular weight is 288 g/mol. The molecule has 2 rings (SSSR count). The number of aldehydes is 1. The molecule has 1 amide bonds. The summed E-state index contributed by atoms with van der Waals surface area (Å²) >= 11 is 0. The lowest BCUT2D eigenvalue weighted by Gasteiger charge is -2.38. The van der Waals surface area contributed by atoms with Gasteiger partial charge in [-0.25, -0.2) is 0 Å². The summed E-state index contributed by atoms with van der Waals surface area (Å²) in [7, 11) is 3.94. The van der Waals surface area contributed by atoms with Crippen LogP contribution in [0, 0.1) is 0 Å². The van der Waals surface area contributed by atoms with E-state index in [2.05, 4.69) is 0 Å². The lowest BCUT2D eigenvalue weighted by Crippen LogP contribution is -2.46. The summed E-state index contributed by atoms with van der Waals surface area (Å²) < 4.78 is 0. The predicted molar refractivity (Wildman–Crippen MR) is 83.2 cm³/mol. The molecular weight excluding hydrogens is 264 g/mol. The van der Waals surface area contributed by atoms with Gasteiger partial charge in [0, 0.05) is 26.1 Å². The lowest BCUT2D eigenvalue weighted by molar-refractivity contribution is -0.134. The molecule has 1 aliphatic heterocycles. The van der Waals surface area contributed by atoms with Crippen LogP contribution in [-0.2, 0) is 15.0 Å². The Labute approximate surface area is 126 Å². The van der Waals surface area contributed by atoms with Gasteiger partial charge in [-0.15, -0.1) is 0 Å². The number of rotatable bonds is 5. The number of carbonyl (C=O) groups excluding carboxylic acids is 2. The monoisotopic (exact) mass is 288 g/mol. The Bertz CT molecular complexity index is 477. The zero-order valence-electron chi connectivity index (χ0n) is 12.9. The second kappa shape index (κ2) is 6.85. The maximum atomic E-state index is 12.1. The van der Waals surface area contributed by atoms with E-state index in [-0.39, 0.29) is 5.91 Å². The van der Waals surface area contributed by atoms with E-state index < -0.39 is 5.41 Å². The van der Waals surface area contributed by atoms with Crippen molar-refractivity contribution in [1.82, 2.24) is 9.80 Å². The molecule has 1 fully saturated rings. The molecule has 0 atom stereocenters. The Kier molecular flexibility index (Phi) is 5.12. The smallest absolute Gasteiger partial charge is 0.223 e. The average Bonchev–Trinajstić information content (AvgIpc) is 2.53. The largest absolute Gasteiger partial charge is 0.343 e. The van der Waals surface area contributed by atoms with Crippen molar-refractivity contribution in [1.29, 1.82) is 0 Å². The molecule has 21 heavy (non-hydrogen) atoms. The van der Waals surface area contributed by atoms with Crippen LogP contribution in [0.5, 0.6) is 0 Å². The quantitative estimate of drug-likeness (QED) is 0.774. The minimum atomic E-state index is -0.417. The van der Waals surface area contributed by atoms with Crippen molar-refractivity contribution in [3.8, 4) is 0 Å². The fourth-order valence-corrected chi connectivity index (χ4v) is 2.88. The second-order valence-corrected chi connectivity index (χ2v) is 6.07. The number of likely N-dealkylation sites (tertiary alicyclic amines) is 1. The van der Waals surface area contributed by atoms with Gasteiger partial charge in [-0.2, -0.15) is 0 Å². The van der Waals surface area contributed by atoms with Crippen molar-refractivity contribution in [2.75, 3.05) is 33.7 Å². The summed E-state index contributed by atoms with van der Waals surface area (Å²) in [6, 6.07) is 9.92. The molecule has 1 aromatic carbocycles. The number of nitrogens with zero attached hydrogens (tertiary/aromatic N) is 2. The van der Waals surface area contributed by atoms with Gasteiger partial charge >= 0.3 is 0 Å². The molecule has 114 valence electrons. The molecule has 0 radical (unpaired) electrons. The number of amides is 1. The Morgan fingerprint density at radius 2 is 1.86 bits per heavy atom. The highest BCUT2D eigenvalue weighted by molar-refractivity contribution is 5.77. The van der Waals surface area contributed by atoms with E-state index in [0.29, 0.717) is 32.4 Å². The van der Waals surface area contributed by atoms with E-state index in [9.17, 15) is 9.59 Å². The van der Waals surface area contributed by atoms with Gasteiger partial charge in [0.05, 0.1) is 5.41 Å². The van der Waals surface area contributed by atoms with Crippen LogP contribution in [-0.4, -0.2) is 55.7 Å². The molecule has 1 saturated heterocycles. The van der Waals surface area contributed by atoms with Crippen LogP contribution in [0.15, 0.2) is 30.3 Å². The Hall–Kier alpha value is -1.68. The van der Waals surface area contributed by atoms with Crippen LogP contribution in [0.3, 0.4) is 0 Å². The number of benzene rings is 1. The fourth-order valence-electron chi connectivity index (χ4n) is 2.88. The number of hydrogen-bond donors (Lipinski definition) is 0. The Morgan fingerprint density at radius 1 is 1.24 bits per heavy atom. The highest BCUT2D eigenvalue weighted by Crippen LogP contribution is 2.33. The highest BCUT2D eigenvalue weighted by Gasteiger charge is 2.37. The van der Waals surface area contributed by atoms with Gasteiger partial charge in [0.1, 0.15) is 6.29 Å². The van der Waals surface area contributed by atoms with Crippen LogP contribution in [0.1, 0.15) is 24.8 Å². The second-order valence-electron chi connectivity index (χ2n) is 6.07. The van der Waals surface area contributed by atoms with Gasteiger partial charge in [-0.3, -0.25) is 4.79 Å². The number of carbonyl (C=O) groups is 2.